The highest BCUT2D eigenvalue weighted by molar-refractivity contribution is 6.30. The average molecular weight is 281 g/mol. The highest BCUT2D eigenvalue weighted by Gasteiger charge is 2.05. The van der Waals surface area contributed by atoms with Gasteiger partial charge in [0.2, 0.25) is 5.91 Å². The summed E-state index contributed by atoms with van der Waals surface area (Å²) in [6.45, 7) is 5.27. The summed E-state index contributed by atoms with van der Waals surface area (Å²) in [5.74, 6) is 0.601. The lowest BCUT2D eigenvalue weighted by Crippen LogP contribution is -2.21. The number of halogens is 1. The molecule has 19 heavy (non-hydrogen) atoms. The molecule has 1 amide bonds. The van der Waals surface area contributed by atoms with Crippen LogP contribution in [0.1, 0.15) is 12.5 Å². The molecule has 5 nitrogen and oxygen atoms in total. The lowest BCUT2D eigenvalue weighted by atomic mass is 10.1. The third-order valence-corrected chi connectivity index (χ3v) is 2.59. The first kappa shape index (κ1) is 15.0. The van der Waals surface area contributed by atoms with Gasteiger partial charge in [0.25, 0.3) is 0 Å². The first-order valence-corrected chi connectivity index (χ1v) is 6.08. The molecule has 0 heterocycles. The van der Waals surface area contributed by atoms with Gasteiger partial charge in [0.1, 0.15) is 5.82 Å². The molecule has 102 valence electrons. The van der Waals surface area contributed by atoms with Crippen LogP contribution in [-0.4, -0.2) is 19.7 Å². The Morgan fingerprint density at radius 3 is 2.84 bits per heavy atom. The second kappa shape index (κ2) is 7.43. The Bertz CT molecular complexity index is 499. The highest BCUT2D eigenvalue weighted by atomic mass is 35.5. The van der Waals surface area contributed by atoms with Gasteiger partial charge >= 0.3 is 0 Å². The Morgan fingerprint density at radius 1 is 1.53 bits per heavy atom. The van der Waals surface area contributed by atoms with E-state index < -0.39 is 0 Å². The van der Waals surface area contributed by atoms with Gasteiger partial charge in [-0.25, -0.2) is 0 Å². The maximum Gasteiger partial charge on any atom is 0.217 e. The lowest BCUT2D eigenvalue weighted by Gasteiger charge is -2.14. The molecule has 0 aromatic heterocycles. The Kier molecular flexibility index (Phi) is 5.89. The summed E-state index contributed by atoms with van der Waals surface area (Å²) >= 11 is 5.96. The van der Waals surface area contributed by atoms with Gasteiger partial charge in [-0.3, -0.25) is 9.79 Å². The summed E-state index contributed by atoms with van der Waals surface area (Å²) < 4.78 is 0. The monoisotopic (exact) mass is 280 g/mol. The Labute approximate surface area is 117 Å². The number of amides is 1. The van der Waals surface area contributed by atoms with Gasteiger partial charge in [-0.1, -0.05) is 11.6 Å². The van der Waals surface area contributed by atoms with Gasteiger partial charge in [0.05, 0.1) is 6.20 Å². The number of anilines is 1. The Hall–Kier alpha value is -2.01. The number of carbonyl (C=O) groups is 1. The fraction of sp³-hybridized carbons (Fsp3) is 0.231. The molecule has 0 saturated carbocycles. The van der Waals surface area contributed by atoms with Crippen LogP contribution in [0.2, 0.25) is 5.02 Å². The Morgan fingerprint density at radius 2 is 2.26 bits per heavy atom. The molecule has 0 aliphatic rings. The molecule has 0 atom stereocenters. The van der Waals surface area contributed by atoms with Crippen LogP contribution in [0.3, 0.4) is 0 Å². The van der Waals surface area contributed by atoms with Crippen molar-refractivity contribution < 1.29 is 4.79 Å². The fourth-order valence-corrected chi connectivity index (χ4v) is 1.64. The zero-order chi connectivity index (χ0) is 14.3. The van der Waals surface area contributed by atoms with Crippen molar-refractivity contribution in [1.82, 2.24) is 10.6 Å². The van der Waals surface area contributed by atoms with Crippen LogP contribution in [0, 0.1) is 0 Å². The maximum atomic E-state index is 11.0. The van der Waals surface area contributed by atoms with E-state index in [1.807, 2.05) is 6.07 Å². The summed E-state index contributed by atoms with van der Waals surface area (Å²) in [6.07, 6.45) is 1.57. The predicted molar refractivity (Wildman–Crippen MR) is 79.3 cm³/mol. The van der Waals surface area contributed by atoms with E-state index in [4.69, 9.17) is 11.6 Å². The topological polar surface area (TPSA) is 65.5 Å². The third kappa shape index (κ3) is 5.01. The fourth-order valence-electron chi connectivity index (χ4n) is 1.45. The van der Waals surface area contributed by atoms with Gasteiger partial charge in [0, 0.05) is 31.2 Å². The van der Waals surface area contributed by atoms with Crippen LogP contribution in [0.15, 0.2) is 35.2 Å². The first-order valence-electron chi connectivity index (χ1n) is 5.70. The SMILES string of the molecule is C=N/C=C(\NC)Nc1ccc(Cl)cc1CNC(C)=O. The summed E-state index contributed by atoms with van der Waals surface area (Å²) in [6, 6.07) is 5.41. The summed E-state index contributed by atoms with van der Waals surface area (Å²) in [5, 5.41) is 9.46. The van der Waals surface area contributed by atoms with Crippen molar-refractivity contribution in [3.05, 3.63) is 40.8 Å². The molecule has 0 spiro atoms. The number of benzene rings is 1. The zero-order valence-corrected chi connectivity index (χ0v) is 11.7. The molecule has 0 aliphatic carbocycles. The van der Waals surface area contributed by atoms with Crippen LogP contribution < -0.4 is 16.0 Å². The minimum atomic E-state index is -0.0944. The van der Waals surface area contributed by atoms with E-state index >= 15 is 0 Å². The normalized spacial score (nSPS) is 10.8. The molecular weight excluding hydrogens is 264 g/mol. The van der Waals surface area contributed by atoms with Crippen LogP contribution in [0.25, 0.3) is 0 Å². The highest BCUT2D eigenvalue weighted by Crippen LogP contribution is 2.21. The van der Waals surface area contributed by atoms with Crippen molar-refractivity contribution in [2.24, 2.45) is 4.99 Å². The van der Waals surface area contributed by atoms with Crippen LogP contribution >= 0.6 is 11.6 Å². The quantitative estimate of drug-likeness (QED) is 0.699. The van der Waals surface area contributed by atoms with Crippen LogP contribution in [0.5, 0.6) is 0 Å². The van der Waals surface area contributed by atoms with Crippen LogP contribution in [0.4, 0.5) is 5.69 Å². The molecule has 1 rings (SSSR count). The second-order valence-corrected chi connectivity index (χ2v) is 4.25. The van der Waals surface area contributed by atoms with Gasteiger partial charge in [-0.2, -0.15) is 0 Å². The molecule has 0 bridgehead atoms. The molecule has 0 fully saturated rings. The maximum absolute atomic E-state index is 11.0. The van der Waals surface area contributed by atoms with E-state index in [1.54, 1.807) is 25.4 Å². The standard InChI is InChI=1S/C13H17ClN4O/c1-9(19)17-7-10-6-11(14)4-5-12(10)18-13(16-3)8-15-2/h4-6,8,16,18H,2,7H2,1,3H3,(H,17,19)/b13-8+. The largest absolute Gasteiger partial charge is 0.373 e. The van der Waals surface area contributed by atoms with E-state index in [0.29, 0.717) is 17.4 Å². The second-order valence-electron chi connectivity index (χ2n) is 3.81. The summed E-state index contributed by atoms with van der Waals surface area (Å²) in [4.78, 5) is 14.7. The van der Waals surface area contributed by atoms with Crippen molar-refractivity contribution in [2.75, 3.05) is 12.4 Å². The number of aliphatic imine (C=N–C) groups is 1. The number of nitrogens with zero attached hydrogens (tertiary/aromatic N) is 1. The van der Waals surface area contributed by atoms with Gasteiger partial charge < -0.3 is 16.0 Å². The number of carbonyl (C=O) groups excluding carboxylic acids is 1. The number of hydrogen-bond acceptors (Lipinski definition) is 4. The molecule has 0 saturated heterocycles. The van der Waals surface area contributed by atoms with Gasteiger partial charge in [-0.15, -0.1) is 0 Å². The third-order valence-electron chi connectivity index (χ3n) is 2.35. The van der Waals surface area contributed by atoms with Gasteiger partial charge in [-0.05, 0) is 30.5 Å². The number of rotatable bonds is 6. The number of hydrogen-bond donors (Lipinski definition) is 3. The summed E-state index contributed by atoms with van der Waals surface area (Å²) in [7, 11) is 1.77. The minimum absolute atomic E-state index is 0.0944. The minimum Gasteiger partial charge on any atom is -0.373 e. The Balaban J connectivity index is 2.95. The molecule has 0 aliphatic heterocycles. The molecule has 3 N–H and O–H groups in total. The van der Waals surface area contributed by atoms with Crippen molar-refractivity contribution in [2.45, 2.75) is 13.5 Å². The molecule has 6 heteroatoms. The van der Waals surface area contributed by atoms with Crippen LogP contribution in [-0.2, 0) is 11.3 Å². The van der Waals surface area contributed by atoms with E-state index in [1.165, 1.54) is 6.92 Å². The summed E-state index contributed by atoms with van der Waals surface area (Å²) in [5.41, 5.74) is 1.72. The van der Waals surface area contributed by atoms with E-state index in [0.717, 1.165) is 11.3 Å². The molecule has 0 unspecified atom stereocenters. The average Bonchev–Trinajstić information content (AvgIpc) is 2.38. The van der Waals surface area contributed by atoms with Crippen molar-refractivity contribution in [3.63, 3.8) is 0 Å². The lowest BCUT2D eigenvalue weighted by molar-refractivity contribution is -0.119. The van der Waals surface area contributed by atoms with Crippen molar-refractivity contribution in [1.29, 1.82) is 0 Å². The molecule has 1 aromatic rings. The molecular formula is C13H17ClN4O. The van der Waals surface area contributed by atoms with E-state index in [2.05, 4.69) is 27.7 Å². The predicted octanol–water partition coefficient (Wildman–Crippen LogP) is 2.11. The van der Waals surface area contributed by atoms with E-state index in [-0.39, 0.29) is 5.91 Å². The first-order chi connectivity index (χ1) is 9.06. The smallest absolute Gasteiger partial charge is 0.217 e. The number of nitrogens with one attached hydrogen (secondary N) is 3. The van der Waals surface area contributed by atoms with Gasteiger partial charge in [0.15, 0.2) is 0 Å². The van der Waals surface area contributed by atoms with Crippen molar-refractivity contribution >= 4 is 29.9 Å². The molecule has 0 radical (unpaired) electrons. The zero-order valence-electron chi connectivity index (χ0n) is 11.0. The molecule has 1 aromatic carbocycles. The van der Waals surface area contributed by atoms with Crippen molar-refractivity contribution in [3.8, 4) is 0 Å². The van der Waals surface area contributed by atoms with E-state index in [9.17, 15) is 4.79 Å².